The van der Waals surface area contributed by atoms with Crippen molar-refractivity contribution in [2.45, 2.75) is 32.6 Å². The summed E-state index contributed by atoms with van der Waals surface area (Å²) in [4.78, 5) is 22.0. The summed E-state index contributed by atoms with van der Waals surface area (Å²) in [5, 5.41) is 0. The molecule has 1 aromatic heterocycles. The van der Waals surface area contributed by atoms with Crippen molar-refractivity contribution in [1.82, 2.24) is 14.9 Å². The number of carbonyl (C=O) groups excluding carboxylic acids is 1. The van der Waals surface area contributed by atoms with Gasteiger partial charge >= 0.3 is 0 Å². The minimum atomic E-state index is 0.0620. The first-order valence-corrected chi connectivity index (χ1v) is 8.66. The first-order chi connectivity index (χ1) is 11.7. The number of nitrogens with zero attached hydrogens (tertiary/aromatic N) is 2. The van der Waals surface area contributed by atoms with Crippen LogP contribution in [-0.4, -0.2) is 41.0 Å². The van der Waals surface area contributed by atoms with Gasteiger partial charge in [-0.1, -0.05) is 25.1 Å². The summed E-state index contributed by atoms with van der Waals surface area (Å²) in [5.74, 6) is 2.32. The number of aromatic nitrogens is 2. The lowest BCUT2D eigenvalue weighted by Gasteiger charge is -2.32. The number of carbonyl (C=O) groups is 1. The van der Waals surface area contributed by atoms with E-state index in [1.807, 2.05) is 30.0 Å². The number of aryl methyl sites for hydroxylation is 1. The molecule has 1 aliphatic rings. The lowest BCUT2D eigenvalue weighted by atomic mass is 9.91. The van der Waals surface area contributed by atoms with E-state index in [1.54, 1.807) is 13.3 Å². The van der Waals surface area contributed by atoms with Gasteiger partial charge in [-0.05, 0) is 36.8 Å². The molecule has 1 N–H and O–H groups in total. The third-order valence-electron chi connectivity index (χ3n) is 4.70. The second kappa shape index (κ2) is 7.51. The van der Waals surface area contributed by atoms with Gasteiger partial charge in [-0.25, -0.2) is 4.98 Å². The minimum absolute atomic E-state index is 0.0620. The van der Waals surface area contributed by atoms with Gasteiger partial charge in [0.15, 0.2) is 0 Å². The normalized spacial score (nSPS) is 17.8. The number of nitrogens with one attached hydrogen (secondary N) is 1. The third kappa shape index (κ3) is 3.61. The number of rotatable bonds is 5. The Kier molecular flexibility index (Phi) is 5.18. The molecule has 24 heavy (non-hydrogen) atoms. The number of benzene rings is 1. The van der Waals surface area contributed by atoms with Crippen molar-refractivity contribution < 1.29 is 9.53 Å². The maximum Gasteiger partial charge on any atom is 0.271 e. The molecule has 128 valence electrons. The van der Waals surface area contributed by atoms with Crippen LogP contribution in [0.15, 0.2) is 30.5 Å². The Morgan fingerprint density at radius 2 is 2.25 bits per heavy atom. The van der Waals surface area contributed by atoms with Crippen molar-refractivity contribution in [1.29, 1.82) is 0 Å². The van der Waals surface area contributed by atoms with Gasteiger partial charge in [-0.3, -0.25) is 4.79 Å². The van der Waals surface area contributed by atoms with E-state index in [1.165, 1.54) is 5.56 Å². The van der Waals surface area contributed by atoms with Crippen molar-refractivity contribution in [3.63, 3.8) is 0 Å². The molecule has 1 saturated heterocycles. The van der Waals surface area contributed by atoms with Gasteiger partial charge < -0.3 is 14.6 Å². The van der Waals surface area contributed by atoms with E-state index in [4.69, 9.17) is 4.74 Å². The quantitative estimate of drug-likeness (QED) is 0.918. The van der Waals surface area contributed by atoms with E-state index < -0.39 is 0 Å². The van der Waals surface area contributed by atoms with E-state index in [9.17, 15) is 4.79 Å². The van der Waals surface area contributed by atoms with E-state index in [-0.39, 0.29) is 5.91 Å². The zero-order chi connectivity index (χ0) is 16.9. The second-order valence-electron chi connectivity index (χ2n) is 6.37. The van der Waals surface area contributed by atoms with Crippen molar-refractivity contribution in [3.05, 3.63) is 47.5 Å². The summed E-state index contributed by atoms with van der Waals surface area (Å²) >= 11 is 0. The van der Waals surface area contributed by atoms with Crippen molar-refractivity contribution in [3.8, 4) is 5.75 Å². The average Bonchev–Trinajstić information content (AvgIpc) is 3.11. The van der Waals surface area contributed by atoms with E-state index in [2.05, 4.69) is 16.0 Å². The van der Waals surface area contributed by atoms with Crippen LogP contribution in [0.4, 0.5) is 0 Å². The van der Waals surface area contributed by atoms with Crippen molar-refractivity contribution in [2.75, 3.05) is 20.2 Å². The molecule has 1 amide bonds. The van der Waals surface area contributed by atoms with Crippen LogP contribution in [-0.2, 0) is 12.8 Å². The molecule has 2 aromatic rings. The fourth-order valence-corrected chi connectivity index (χ4v) is 3.42. The van der Waals surface area contributed by atoms with Crippen molar-refractivity contribution >= 4 is 5.91 Å². The van der Waals surface area contributed by atoms with Gasteiger partial charge in [0.05, 0.1) is 13.3 Å². The second-order valence-corrected chi connectivity index (χ2v) is 6.37. The van der Waals surface area contributed by atoms with Gasteiger partial charge in [-0.2, -0.15) is 0 Å². The summed E-state index contributed by atoms with van der Waals surface area (Å²) in [6.45, 7) is 3.64. The highest BCUT2D eigenvalue weighted by atomic mass is 16.5. The Hall–Kier alpha value is -2.30. The molecular formula is C19H25N3O2. The maximum atomic E-state index is 12.7. The average molecular weight is 327 g/mol. The summed E-state index contributed by atoms with van der Waals surface area (Å²) in [7, 11) is 1.71. The van der Waals surface area contributed by atoms with Crippen LogP contribution < -0.4 is 4.74 Å². The highest BCUT2D eigenvalue weighted by molar-refractivity contribution is 5.92. The Bertz CT molecular complexity index is 695. The fourth-order valence-electron chi connectivity index (χ4n) is 3.42. The predicted molar refractivity (Wildman–Crippen MR) is 93.3 cm³/mol. The van der Waals surface area contributed by atoms with Crippen molar-refractivity contribution in [2.24, 2.45) is 5.92 Å². The topological polar surface area (TPSA) is 58.2 Å². The molecule has 1 aromatic carbocycles. The number of imidazole rings is 1. The number of H-pyrrole nitrogens is 1. The minimum Gasteiger partial charge on any atom is -0.496 e. The fraction of sp³-hybridized carbons (Fsp3) is 0.474. The van der Waals surface area contributed by atoms with Gasteiger partial charge in [-0.15, -0.1) is 0 Å². The Morgan fingerprint density at radius 1 is 1.42 bits per heavy atom. The number of hydrogen-bond acceptors (Lipinski definition) is 3. The molecule has 0 bridgehead atoms. The van der Waals surface area contributed by atoms with Crippen LogP contribution in [0.2, 0.25) is 0 Å². The molecule has 1 atom stereocenters. The van der Waals surface area contributed by atoms with E-state index in [0.29, 0.717) is 11.6 Å². The molecule has 1 aliphatic heterocycles. The first kappa shape index (κ1) is 16.6. The van der Waals surface area contributed by atoms with Crippen LogP contribution in [0.1, 0.15) is 41.6 Å². The monoisotopic (exact) mass is 327 g/mol. The maximum absolute atomic E-state index is 12.7. The van der Waals surface area contributed by atoms with Crippen LogP contribution in [0, 0.1) is 5.92 Å². The summed E-state index contributed by atoms with van der Waals surface area (Å²) < 4.78 is 5.45. The molecule has 0 saturated carbocycles. The molecule has 5 heteroatoms. The van der Waals surface area contributed by atoms with E-state index in [0.717, 1.165) is 50.3 Å². The molecule has 3 rings (SSSR count). The molecular weight excluding hydrogens is 302 g/mol. The lowest BCUT2D eigenvalue weighted by molar-refractivity contribution is 0.0667. The van der Waals surface area contributed by atoms with Crippen LogP contribution in [0.5, 0.6) is 5.75 Å². The number of ether oxygens (including phenoxy) is 1. The van der Waals surface area contributed by atoms with Gasteiger partial charge in [0.2, 0.25) is 0 Å². The highest BCUT2D eigenvalue weighted by Gasteiger charge is 2.26. The lowest BCUT2D eigenvalue weighted by Crippen LogP contribution is -2.40. The number of piperidine rings is 1. The number of methoxy groups -OCH3 is 1. The summed E-state index contributed by atoms with van der Waals surface area (Å²) in [6, 6.07) is 8.14. The molecule has 0 aliphatic carbocycles. The van der Waals surface area contributed by atoms with Crippen LogP contribution in [0.25, 0.3) is 0 Å². The zero-order valence-corrected chi connectivity index (χ0v) is 14.4. The Morgan fingerprint density at radius 3 is 3.00 bits per heavy atom. The number of likely N-dealkylation sites (tertiary alicyclic amines) is 1. The highest BCUT2D eigenvalue weighted by Crippen LogP contribution is 2.26. The standard InChI is InChI=1S/C19H25N3O2/c1-3-18-20-12-16(21-18)19(23)22-10-6-7-14(13-22)11-15-8-4-5-9-17(15)24-2/h4-5,8-9,12,14H,3,6-7,10-11,13H2,1-2H3,(H,20,21)/t14-/m1/s1. The SMILES string of the molecule is CCc1ncc(C(=O)N2CCC[C@H](Cc3ccccc3OC)C2)[nH]1. The van der Waals surface area contributed by atoms with Gasteiger partial charge in [0.1, 0.15) is 17.3 Å². The Balaban J connectivity index is 1.66. The van der Waals surface area contributed by atoms with E-state index >= 15 is 0 Å². The van der Waals surface area contributed by atoms with Gasteiger partial charge in [0, 0.05) is 19.5 Å². The number of hydrogen-bond donors (Lipinski definition) is 1. The third-order valence-corrected chi connectivity index (χ3v) is 4.70. The van der Waals surface area contributed by atoms with Crippen LogP contribution in [0.3, 0.4) is 0 Å². The molecule has 1 fully saturated rings. The molecule has 0 unspecified atom stereocenters. The largest absolute Gasteiger partial charge is 0.496 e. The molecule has 0 radical (unpaired) electrons. The zero-order valence-electron chi connectivity index (χ0n) is 14.4. The van der Waals surface area contributed by atoms with Crippen LogP contribution >= 0.6 is 0 Å². The molecule has 2 heterocycles. The smallest absolute Gasteiger partial charge is 0.271 e. The molecule has 0 spiro atoms. The van der Waals surface area contributed by atoms with Gasteiger partial charge in [0.25, 0.3) is 5.91 Å². The summed E-state index contributed by atoms with van der Waals surface area (Å²) in [6.07, 6.45) is 5.59. The number of aromatic amines is 1. The first-order valence-electron chi connectivity index (χ1n) is 8.66. The Labute approximate surface area is 143 Å². The number of amides is 1. The predicted octanol–water partition coefficient (Wildman–Crippen LogP) is 3.08. The molecule has 5 nitrogen and oxygen atoms in total. The number of para-hydroxylation sites is 1. The summed E-state index contributed by atoms with van der Waals surface area (Å²) in [5.41, 5.74) is 1.82.